The summed E-state index contributed by atoms with van der Waals surface area (Å²) in [6.45, 7) is 5.40. The van der Waals surface area contributed by atoms with E-state index < -0.39 is 0 Å². The fraction of sp³-hybridized carbons (Fsp3) is 0.562. The predicted molar refractivity (Wildman–Crippen MR) is 84.8 cm³/mol. The Labute approximate surface area is 126 Å². The van der Waals surface area contributed by atoms with Gasteiger partial charge in [-0.25, -0.2) is 0 Å². The number of anilines is 1. The van der Waals surface area contributed by atoms with Crippen LogP contribution < -0.4 is 10.6 Å². The van der Waals surface area contributed by atoms with E-state index >= 15 is 0 Å². The largest absolute Gasteiger partial charge is 0.409 e. The Morgan fingerprint density at radius 3 is 2.38 bits per heavy atom. The van der Waals surface area contributed by atoms with Crippen molar-refractivity contribution in [3.8, 4) is 0 Å². The Hall–Kier alpha value is -1.75. The second-order valence-electron chi connectivity index (χ2n) is 6.37. The molecule has 0 aromatic heterocycles. The van der Waals surface area contributed by atoms with Crippen molar-refractivity contribution in [2.45, 2.75) is 19.3 Å². The normalized spacial score (nSPS) is 22.3. The minimum Gasteiger partial charge on any atom is -0.409 e. The molecule has 0 radical (unpaired) electrons. The van der Waals surface area contributed by atoms with Crippen molar-refractivity contribution in [3.63, 3.8) is 0 Å². The molecule has 0 amide bonds. The third-order valence-corrected chi connectivity index (χ3v) is 4.69. The summed E-state index contributed by atoms with van der Waals surface area (Å²) in [5.41, 5.74) is 7.26. The molecule has 3 rings (SSSR count). The Kier molecular flexibility index (Phi) is 4.01. The molecule has 0 unspecified atom stereocenters. The molecule has 1 heterocycles. The van der Waals surface area contributed by atoms with Gasteiger partial charge in [0.1, 0.15) is 5.84 Å². The molecule has 2 aliphatic rings. The SMILES string of the molecule is NC(CC1(CN2CCN(c3ccccc3)CC2)CC1)=NO. The van der Waals surface area contributed by atoms with Gasteiger partial charge in [0.2, 0.25) is 0 Å². The maximum atomic E-state index is 8.74. The highest BCUT2D eigenvalue weighted by molar-refractivity contribution is 5.80. The van der Waals surface area contributed by atoms with Crippen LogP contribution in [-0.4, -0.2) is 48.7 Å². The Balaban J connectivity index is 1.50. The van der Waals surface area contributed by atoms with Crippen LogP contribution >= 0.6 is 0 Å². The summed E-state index contributed by atoms with van der Waals surface area (Å²) < 4.78 is 0. The summed E-state index contributed by atoms with van der Waals surface area (Å²) in [5.74, 6) is 0.371. The first-order chi connectivity index (χ1) is 10.2. The highest BCUT2D eigenvalue weighted by Crippen LogP contribution is 2.49. The highest BCUT2D eigenvalue weighted by Gasteiger charge is 2.44. The average Bonchev–Trinajstić information content (AvgIpc) is 3.28. The van der Waals surface area contributed by atoms with Gasteiger partial charge in [0.25, 0.3) is 0 Å². The van der Waals surface area contributed by atoms with Crippen molar-refractivity contribution in [2.24, 2.45) is 16.3 Å². The molecule has 1 aliphatic heterocycles. The van der Waals surface area contributed by atoms with Crippen LogP contribution in [0.2, 0.25) is 0 Å². The Morgan fingerprint density at radius 1 is 1.14 bits per heavy atom. The quantitative estimate of drug-likeness (QED) is 0.375. The van der Waals surface area contributed by atoms with E-state index in [-0.39, 0.29) is 5.41 Å². The van der Waals surface area contributed by atoms with E-state index in [1.165, 1.54) is 18.5 Å². The number of benzene rings is 1. The van der Waals surface area contributed by atoms with Gasteiger partial charge in [-0.1, -0.05) is 23.4 Å². The second-order valence-corrected chi connectivity index (χ2v) is 6.37. The zero-order valence-electron chi connectivity index (χ0n) is 12.4. The van der Waals surface area contributed by atoms with Gasteiger partial charge >= 0.3 is 0 Å². The standard InChI is InChI=1S/C16H24N4O/c17-15(18-21)12-16(6-7-16)13-19-8-10-20(11-9-19)14-4-2-1-3-5-14/h1-5,21H,6-13H2,(H2,17,18). The lowest BCUT2D eigenvalue weighted by Crippen LogP contribution is -2.48. The summed E-state index contributed by atoms with van der Waals surface area (Å²) in [5, 5.41) is 11.9. The number of nitrogens with two attached hydrogens (primary N) is 1. The number of oxime groups is 1. The van der Waals surface area contributed by atoms with E-state index in [1.54, 1.807) is 0 Å². The van der Waals surface area contributed by atoms with Gasteiger partial charge < -0.3 is 15.8 Å². The number of piperazine rings is 1. The fourth-order valence-electron chi connectivity index (χ4n) is 3.26. The van der Waals surface area contributed by atoms with Crippen LogP contribution in [0.4, 0.5) is 5.69 Å². The number of amidine groups is 1. The van der Waals surface area contributed by atoms with Crippen molar-refractivity contribution in [1.29, 1.82) is 0 Å². The van der Waals surface area contributed by atoms with E-state index in [9.17, 15) is 0 Å². The minimum absolute atomic E-state index is 0.269. The first kappa shape index (κ1) is 14.2. The van der Waals surface area contributed by atoms with Crippen LogP contribution in [0.1, 0.15) is 19.3 Å². The van der Waals surface area contributed by atoms with Gasteiger partial charge in [-0.2, -0.15) is 0 Å². The van der Waals surface area contributed by atoms with Crippen LogP contribution in [0.15, 0.2) is 35.5 Å². The lowest BCUT2D eigenvalue weighted by atomic mass is 10.0. The maximum absolute atomic E-state index is 8.74. The van der Waals surface area contributed by atoms with Crippen LogP contribution in [0.5, 0.6) is 0 Å². The predicted octanol–water partition coefficient (Wildman–Crippen LogP) is 1.73. The molecule has 0 spiro atoms. The van der Waals surface area contributed by atoms with Crippen molar-refractivity contribution in [2.75, 3.05) is 37.6 Å². The summed E-state index contributed by atoms with van der Waals surface area (Å²) in [6.07, 6.45) is 3.12. The lowest BCUT2D eigenvalue weighted by molar-refractivity contribution is 0.209. The van der Waals surface area contributed by atoms with E-state index in [1.807, 2.05) is 0 Å². The molecule has 1 aliphatic carbocycles. The number of rotatable bonds is 5. The van der Waals surface area contributed by atoms with E-state index in [4.69, 9.17) is 10.9 Å². The first-order valence-corrected chi connectivity index (χ1v) is 7.70. The molecule has 21 heavy (non-hydrogen) atoms. The van der Waals surface area contributed by atoms with E-state index in [2.05, 4.69) is 45.3 Å². The van der Waals surface area contributed by atoms with Gasteiger partial charge in [-0.3, -0.25) is 4.90 Å². The van der Waals surface area contributed by atoms with Gasteiger partial charge in [0.15, 0.2) is 0 Å². The van der Waals surface area contributed by atoms with Gasteiger partial charge in [0, 0.05) is 44.8 Å². The topological polar surface area (TPSA) is 65.1 Å². The van der Waals surface area contributed by atoms with Crippen LogP contribution in [0.25, 0.3) is 0 Å². The first-order valence-electron chi connectivity index (χ1n) is 7.70. The molecular weight excluding hydrogens is 264 g/mol. The van der Waals surface area contributed by atoms with E-state index in [0.29, 0.717) is 5.84 Å². The molecule has 114 valence electrons. The summed E-state index contributed by atoms with van der Waals surface area (Å²) in [6, 6.07) is 10.6. The molecule has 1 saturated carbocycles. The molecule has 5 nitrogen and oxygen atoms in total. The number of hydrogen-bond donors (Lipinski definition) is 2. The zero-order valence-corrected chi connectivity index (χ0v) is 12.4. The van der Waals surface area contributed by atoms with Gasteiger partial charge in [0.05, 0.1) is 0 Å². The Morgan fingerprint density at radius 2 is 1.81 bits per heavy atom. The molecule has 0 atom stereocenters. The molecular formula is C16H24N4O. The van der Waals surface area contributed by atoms with E-state index in [0.717, 1.165) is 39.1 Å². The fourth-order valence-corrected chi connectivity index (χ4v) is 3.26. The maximum Gasteiger partial charge on any atom is 0.139 e. The van der Waals surface area contributed by atoms with Crippen LogP contribution in [0, 0.1) is 5.41 Å². The van der Waals surface area contributed by atoms with Gasteiger partial charge in [-0.15, -0.1) is 0 Å². The van der Waals surface area contributed by atoms with Gasteiger partial charge in [-0.05, 0) is 30.4 Å². The molecule has 5 heteroatoms. The molecule has 1 saturated heterocycles. The highest BCUT2D eigenvalue weighted by atomic mass is 16.4. The zero-order chi connectivity index (χ0) is 14.7. The van der Waals surface area contributed by atoms with Crippen LogP contribution in [-0.2, 0) is 0 Å². The third-order valence-electron chi connectivity index (χ3n) is 4.69. The Bertz CT molecular complexity index is 490. The minimum atomic E-state index is 0.269. The number of hydrogen-bond acceptors (Lipinski definition) is 4. The monoisotopic (exact) mass is 288 g/mol. The number of para-hydroxylation sites is 1. The van der Waals surface area contributed by atoms with Crippen molar-refractivity contribution in [3.05, 3.63) is 30.3 Å². The second kappa shape index (κ2) is 5.93. The van der Waals surface area contributed by atoms with Crippen molar-refractivity contribution < 1.29 is 5.21 Å². The molecule has 0 bridgehead atoms. The molecule has 1 aromatic rings. The molecule has 2 fully saturated rings. The summed E-state index contributed by atoms with van der Waals surface area (Å²) in [7, 11) is 0. The summed E-state index contributed by atoms with van der Waals surface area (Å²) >= 11 is 0. The lowest BCUT2D eigenvalue weighted by Gasteiger charge is -2.37. The average molecular weight is 288 g/mol. The van der Waals surface area contributed by atoms with Crippen molar-refractivity contribution in [1.82, 2.24) is 4.90 Å². The molecule has 1 aromatic carbocycles. The molecule has 3 N–H and O–H groups in total. The van der Waals surface area contributed by atoms with Crippen molar-refractivity contribution >= 4 is 11.5 Å². The smallest absolute Gasteiger partial charge is 0.139 e. The third kappa shape index (κ3) is 3.47. The number of nitrogens with zero attached hydrogens (tertiary/aromatic N) is 3. The van der Waals surface area contributed by atoms with Crippen LogP contribution in [0.3, 0.4) is 0 Å². The summed E-state index contributed by atoms with van der Waals surface area (Å²) in [4.78, 5) is 4.97.